The van der Waals surface area contributed by atoms with Gasteiger partial charge in [-0.25, -0.2) is 0 Å². The minimum absolute atomic E-state index is 0.0739. The van der Waals surface area contributed by atoms with E-state index in [1.54, 1.807) is 18.2 Å². The van der Waals surface area contributed by atoms with Crippen molar-refractivity contribution >= 4 is 29.0 Å². The fraction of sp³-hybridized carbons (Fsp3) is 0.364. The fourth-order valence-electron chi connectivity index (χ4n) is 1.13. The van der Waals surface area contributed by atoms with Crippen LogP contribution in [0.1, 0.15) is 19.8 Å². The van der Waals surface area contributed by atoms with E-state index >= 15 is 0 Å². The number of Topliss-reactive ketones (excluding diaryl/α,β-unsaturated/α-hetero) is 1. The van der Waals surface area contributed by atoms with E-state index in [1.807, 2.05) is 6.92 Å². The zero-order chi connectivity index (χ0) is 11.3. The summed E-state index contributed by atoms with van der Waals surface area (Å²) in [6.45, 7) is 2.03. The summed E-state index contributed by atoms with van der Waals surface area (Å²) in [6, 6.07) is 4.88. The molecule has 2 nitrogen and oxygen atoms in total. The van der Waals surface area contributed by atoms with Gasteiger partial charge < -0.3 is 4.74 Å². The lowest BCUT2D eigenvalue weighted by molar-refractivity contribution is -0.121. The van der Waals surface area contributed by atoms with Gasteiger partial charge in [-0.1, -0.05) is 30.1 Å². The van der Waals surface area contributed by atoms with Crippen LogP contribution in [0.2, 0.25) is 10.0 Å². The first kappa shape index (κ1) is 12.3. The maximum absolute atomic E-state index is 11.2. The zero-order valence-corrected chi connectivity index (χ0v) is 9.94. The molecule has 0 unspecified atom stereocenters. The highest BCUT2D eigenvalue weighted by Crippen LogP contribution is 2.24. The SMILES string of the molecule is CCCC(=O)COc1cc(Cl)cc(Cl)c1. The summed E-state index contributed by atoms with van der Waals surface area (Å²) in [4.78, 5) is 11.2. The smallest absolute Gasteiger partial charge is 0.170 e. The number of rotatable bonds is 5. The van der Waals surface area contributed by atoms with Gasteiger partial charge in [0.1, 0.15) is 12.4 Å². The van der Waals surface area contributed by atoms with E-state index in [4.69, 9.17) is 27.9 Å². The first-order valence-electron chi connectivity index (χ1n) is 4.72. The van der Waals surface area contributed by atoms with E-state index in [1.165, 1.54) is 0 Å². The van der Waals surface area contributed by atoms with Crippen molar-refractivity contribution in [1.82, 2.24) is 0 Å². The average Bonchev–Trinajstić information content (AvgIpc) is 2.14. The minimum atomic E-state index is 0.0739. The van der Waals surface area contributed by atoms with Crippen molar-refractivity contribution in [2.24, 2.45) is 0 Å². The third-order valence-electron chi connectivity index (χ3n) is 1.76. The molecule has 0 bridgehead atoms. The van der Waals surface area contributed by atoms with Gasteiger partial charge >= 0.3 is 0 Å². The number of carbonyl (C=O) groups excluding carboxylic acids is 1. The zero-order valence-electron chi connectivity index (χ0n) is 8.43. The molecule has 0 aliphatic carbocycles. The Kier molecular flexibility index (Phi) is 4.92. The van der Waals surface area contributed by atoms with Gasteiger partial charge in [0.15, 0.2) is 5.78 Å². The number of hydrogen-bond donors (Lipinski definition) is 0. The van der Waals surface area contributed by atoms with E-state index < -0.39 is 0 Å². The molecular weight excluding hydrogens is 235 g/mol. The molecule has 15 heavy (non-hydrogen) atoms. The molecule has 1 rings (SSSR count). The van der Waals surface area contributed by atoms with Gasteiger partial charge in [0, 0.05) is 16.5 Å². The molecule has 0 saturated heterocycles. The topological polar surface area (TPSA) is 26.3 Å². The predicted molar refractivity (Wildman–Crippen MR) is 61.9 cm³/mol. The summed E-state index contributed by atoms with van der Waals surface area (Å²) in [5.41, 5.74) is 0. The number of carbonyl (C=O) groups is 1. The highest BCUT2D eigenvalue weighted by molar-refractivity contribution is 6.34. The average molecular weight is 247 g/mol. The van der Waals surface area contributed by atoms with E-state index in [0.29, 0.717) is 22.2 Å². The summed E-state index contributed by atoms with van der Waals surface area (Å²) in [6.07, 6.45) is 1.37. The minimum Gasteiger partial charge on any atom is -0.486 e. The summed E-state index contributed by atoms with van der Waals surface area (Å²) in [5, 5.41) is 1.00. The number of hydrogen-bond acceptors (Lipinski definition) is 2. The molecule has 0 spiro atoms. The number of benzene rings is 1. The van der Waals surface area contributed by atoms with Crippen molar-refractivity contribution in [2.75, 3.05) is 6.61 Å². The van der Waals surface area contributed by atoms with Crippen LogP contribution in [-0.2, 0) is 4.79 Å². The normalized spacial score (nSPS) is 10.1. The number of ketones is 1. The van der Waals surface area contributed by atoms with Gasteiger partial charge in [-0.05, 0) is 24.6 Å². The van der Waals surface area contributed by atoms with Crippen LogP contribution >= 0.6 is 23.2 Å². The molecule has 0 aliphatic rings. The van der Waals surface area contributed by atoms with Crippen LogP contribution < -0.4 is 4.74 Å². The van der Waals surface area contributed by atoms with Crippen LogP contribution in [0.5, 0.6) is 5.75 Å². The van der Waals surface area contributed by atoms with Crippen molar-refractivity contribution < 1.29 is 9.53 Å². The molecule has 1 aromatic carbocycles. The molecular formula is C11H12Cl2O2. The Labute approximate surface area is 99.1 Å². The fourth-order valence-corrected chi connectivity index (χ4v) is 1.63. The Balaban J connectivity index is 2.54. The monoisotopic (exact) mass is 246 g/mol. The van der Waals surface area contributed by atoms with Crippen molar-refractivity contribution in [3.63, 3.8) is 0 Å². The van der Waals surface area contributed by atoms with Crippen molar-refractivity contribution in [3.8, 4) is 5.75 Å². The molecule has 1 aromatic rings. The van der Waals surface area contributed by atoms with Gasteiger partial charge in [0.2, 0.25) is 0 Å². The molecule has 0 heterocycles. The molecule has 0 saturated carbocycles. The summed E-state index contributed by atoms with van der Waals surface area (Å²) in [5.74, 6) is 0.602. The third-order valence-corrected chi connectivity index (χ3v) is 2.20. The predicted octanol–water partition coefficient (Wildman–Crippen LogP) is 3.74. The Morgan fingerprint density at radius 3 is 2.40 bits per heavy atom. The lowest BCUT2D eigenvalue weighted by atomic mass is 10.2. The number of halogens is 2. The highest BCUT2D eigenvalue weighted by atomic mass is 35.5. The van der Waals surface area contributed by atoms with E-state index in [0.717, 1.165) is 6.42 Å². The molecule has 0 N–H and O–H groups in total. The Hall–Kier alpha value is -0.730. The summed E-state index contributed by atoms with van der Waals surface area (Å²) < 4.78 is 5.26. The van der Waals surface area contributed by atoms with Gasteiger partial charge in [-0.3, -0.25) is 4.79 Å². The van der Waals surface area contributed by atoms with Crippen LogP contribution in [0.3, 0.4) is 0 Å². The van der Waals surface area contributed by atoms with Gasteiger partial charge in [-0.15, -0.1) is 0 Å². The second-order valence-electron chi connectivity index (χ2n) is 3.18. The van der Waals surface area contributed by atoms with Crippen LogP contribution in [0, 0.1) is 0 Å². The maximum atomic E-state index is 11.2. The second-order valence-corrected chi connectivity index (χ2v) is 4.06. The van der Waals surface area contributed by atoms with Crippen molar-refractivity contribution in [3.05, 3.63) is 28.2 Å². The second kappa shape index (κ2) is 5.99. The maximum Gasteiger partial charge on any atom is 0.170 e. The first-order valence-corrected chi connectivity index (χ1v) is 5.48. The van der Waals surface area contributed by atoms with E-state index in [9.17, 15) is 4.79 Å². The van der Waals surface area contributed by atoms with Gasteiger partial charge in [0.25, 0.3) is 0 Å². The molecule has 0 aromatic heterocycles. The molecule has 0 fully saturated rings. The van der Waals surface area contributed by atoms with E-state index in [-0.39, 0.29) is 12.4 Å². The molecule has 4 heteroatoms. The van der Waals surface area contributed by atoms with Gasteiger partial charge in [-0.2, -0.15) is 0 Å². The highest BCUT2D eigenvalue weighted by Gasteiger charge is 2.03. The Morgan fingerprint density at radius 1 is 1.27 bits per heavy atom. The molecule has 0 aliphatic heterocycles. The summed E-state index contributed by atoms with van der Waals surface area (Å²) >= 11 is 11.6. The van der Waals surface area contributed by atoms with Crippen molar-refractivity contribution in [2.45, 2.75) is 19.8 Å². The van der Waals surface area contributed by atoms with E-state index in [2.05, 4.69) is 0 Å². The lowest BCUT2D eigenvalue weighted by Crippen LogP contribution is -2.10. The van der Waals surface area contributed by atoms with Crippen LogP contribution in [0.25, 0.3) is 0 Å². The Morgan fingerprint density at radius 2 is 1.87 bits per heavy atom. The molecule has 0 atom stereocenters. The molecule has 82 valence electrons. The van der Waals surface area contributed by atoms with Crippen LogP contribution in [-0.4, -0.2) is 12.4 Å². The molecule has 0 radical (unpaired) electrons. The standard InChI is InChI=1S/C11H12Cl2O2/c1-2-3-10(14)7-15-11-5-8(12)4-9(13)6-11/h4-6H,2-3,7H2,1H3. The summed E-state index contributed by atoms with van der Waals surface area (Å²) in [7, 11) is 0. The van der Waals surface area contributed by atoms with Crippen LogP contribution in [0.15, 0.2) is 18.2 Å². The lowest BCUT2D eigenvalue weighted by Gasteiger charge is -2.05. The Bertz CT molecular complexity index is 330. The first-order chi connectivity index (χ1) is 7.11. The largest absolute Gasteiger partial charge is 0.486 e. The van der Waals surface area contributed by atoms with Crippen molar-refractivity contribution in [1.29, 1.82) is 0 Å². The van der Waals surface area contributed by atoms with Crippen LogP contribution in [0.4, 0.5) is 0 Å². The quantitative estimate of drug-likeness (QED) is 0.792. The number of ether oxygens (including phenoxy) is 1. The third kappa shape index (κ3) is 4.54. The molecule has 0 amide bonds. The van der Waals surface area contributed by atoms with Gasteiger partial charge in [0.05, 0.1) is 0 Å².